The zero-order valence-electron chi connectivity index (χ0n) is 12.3. The van der Waals surface area contributed by atoms with E-state index in [4.69, 9.17) is 0 Å². The van der Waals surface area contributed by atoms with Crippen LogP contribution in [0.1, 0.15) is 39.5 Å². The maximum Gasteiger partial charge on any atom is 0.230 e. The van der Waals surface area contributed by atoms with E-state index < -0.39 is 9.84 Å². The van der Waals surface area contributed by atoms with Crippen LogP contribution >= 0.6 is 11.8 Å². The first-order valence-corrected chi connectivity index (χ1v) is 10.4. The molecule has 0 aromatic rings. The SMILES string of the molecule is CC1CCCC(NC(=O)CSC2CCS(=O)(=O)C2)C1C. The molecule has 1 heterocycles. The van der Waals surface area contributed by atoms with Gasteiger partial charge in [0.15, 0.2) is 9.84 Å². The third-order valence-electron chi connectivity index (χ3n) is 4.69. The van der Waals surface area contributed by atoms with Crippen LogP contribution in [0.4, 0.5) is 0 Å². The zero-order valence-corrected chi connectivity index (χ0v) is 13.9. The van der Waals surface area contributed by atoms with Gasteiger partial charge in [-0.1, -0.05) is 26.7 Å². The molecule has 0 bridgehead atoms. The fourth-order valence-electron chi connectivity index (χ4n) is 3.12. The lowest BCUT2D eigenvalue weighted by molar-refractivity contribution is -0.120. The Hall–Kier alpha value is -0.230. The van der Waals surface area contributed by atoms with Crippen LogP contribution in [-0.2, 0) is 14.6 Å². The van der Waals surface area contributed by atoms with E-state index in [1.807, 2.05) is 0 Å². The predicted molar refractivity (Wildman–Crippen MR) is 83.6 cm³/mol. The van der Waals surface area contributed by atoms with E-state index in [1.54, 1.807) is 0 Å². The number of thioether (sulfide) groups is 1. The fraction of sp³-hybridized carbons (Fsp3) is 0.929. The number of carbonyl (C=O) groups is 1. The molecular weight excluding hydrogens is 294 g/mol. The summed E-state index contributed by atoms with van der Waals surface area (Å²) in [5, 5.41) is 3.24. The van der Waals surface area contributed by atoms with E-state index >= 15 is 0 Å². The molecule has 2 aliphatic rings. The normalized spacial score (nSPS) is 36.7. The van der Waals surface area contributed by atoms with Crippen molar-refractivity contribution < 1.29 is 13.2 Å². The second-order valence-corrected chi connectivity index (χ2v) is 9.79. The van der Waals surface area contributed by atoms with E-state index in [0.29, 0.717) is 30.1 Å². The van der Waals surface area contributed by atoms with Gasteiger partial charge in [0.1, 0.15) is 0 Å². The van der Waals surface area contributed by atoms with Crippen molar-refractivity contribution in [1.29, 1.82) is 0 Å². The van der Waals surface area contributed by atoms with Gasteiger partial charge in [-0.25, -0.2) is 8.42 Å². The van der Waals surface area contributed by atoms with Crippen LogP contribution in [0, 0.1) is 11.8 Å². The maximum atomic E-state index is 12.0. The largest absolute Gasteiger partial charge is 0.352 e. The fourth-order valence-corrected chi connectivity index (χ4v) is 6.57. The Labute approximate surface area is 126 Å². The van der Waals surface area contributed by atoms with Crippen LogP contribution in [-0.4, -0.2) is 42.9 Å². The van der Waals surface area contributed by atoms with Crippen LogP contribution in [0.15, 0.2) is 0 Å². The van der Waals surface area contributed by atoms with Gasteiger partial charge in [-0.05, 0) is 24.7 Å². The van der Waals surface area contributed by atoms with Crippen LogP contribution in [0.3, 0.4) is 0 Å². The molecule has 6 heteroatoms. The van der Waals surface area contributed by atoms with Gasteiger partial charge in [-0.3, -0.25) is 4.79 Å². The van der Waals surface area contributed by atoms with Gasteiger partial charge in [0.25, 0.3) is 0 Å². The van der Waals surface area contributed by atoms with E-state index in [-0.39, 0.29) is 22.7 Å². The molecule has 0 aromatic carbocycles. The summed E-state index contributed by atoms with van der Waals surface area (Å²) in [6.45, 7) is 4.46. The van der Waals surface area contributed by atoms with Gasteiger partial charge in [0.05, 0.1) is 17.3 Å². The molecule has 0 spiro atoms. The van der Waals surface area contributed by atoms with E-state index in [1.165, 1.54) is 24.6 Å². The first-order chi connectivity index (χ1) is 9.37. The van der Waals surface area contributed by atoms with Crippen molar-refractivity contribution in [3.05, 3.63) is 0 Å². The smallest absolute Gasteiger partial charge is 0.230 e. The standard InChI is InChI=1S/C14H25NO3S2/c1-10-4-3-5-13(11(10)2)15-14(16)8-19-12-6-7-20(17,18)9-12/h10-13H,3-9H2,1-2H3,(H,15,16). The van der Waals surface area contributed by atoms with E-state index in [9.17, 15) is 13.2 Å². The lowest BCUT2D eigenvalue weighted by atomic mass is 9.78. The van der Waals surface area contributed by atoms with Crippen molar-refractivity contribution in [2.45, 2.75) is 50.8 Å². The highest BCUT2D eigenvalue weighted by molar-refractivity contribution is 8.02. The summed E-state index contributed by atoms with van der Waals surface area (Å²) in [7, 11) is -2.84. The van der Waals surface area contributed by atoms with Gasteiger partial charge in [0.2, 0.25) is 5.91 Å². The van der Waals surface area contributed by atoms with E-state index in [2.05, 4.69) is 19.2 Å². The second kappa shape index (κ2) is 6.69. The van der Waals surface area contributed by atoms with Crippen molar-refractivity contribution in [3.8, 4) is 0 Å². The Bertz CT molecular complexity index is 449. The number of amides is 1. The highest BCUT2D eigenvalue weighted by Gasteiger charge is 2.30. The number of sulfone groups is 1. The van der Waals surface area contributed by atoms with Gasteiger partial charge >= 0.3 is 0 Å². The predicted octanol–water partition coefficient (Wildman–Crippen LogP) is 1.85. The highest BCUT2D eigenvalue weighted by Crippen LogP contribution is 2.30. The molecule has 4 atom stereocenters. The van der Waals surface area contributed by atoms with Crippen LogP contribution in [0.25, 0.3) is 0 Å². The van der Waals surface area contributed by atoms with Crippen LogP contribution in [0.5, 0.6) is 0 Å². The third-order valence-corrected chi connectivity index (χ3v) is 7.98. The number of nitrogens with one attached hydrogen (secondary N) is 1. The minimum atomic E-state index is -2.84. The average molecular weight is 319 g/mol. The number of carbonyl (C=O) groups excluding carboxylic acids is 1. The third kappa shape index (κ3) is 4.38. The average Bonchev–Trinajstić information content (AvgIpc) is 2.72. The molecule has 1 amide bonds. The molecule has 1 saturated carbocycles. The number of rotatable bonds is 4. The summed E-state index contributed by atoms with van der Waals surface area (Å²) in [5.74, 6) is 2.17. The van der Waals surface area contributed by atoms with E-state index in [0.717, 1.165) is 6.42 Å². The summed E-state index contributed by atoms with van der Waals surface area (Å²) in [4.78, 5) is 12.0. The molecule has 1 N–H and O–H groups in total. The number of hydrogen-bond acceptors (Lipinski definition) is 4. The summed E-state index contributed by atoms with van der Waals surface area (Å²) in [5.41, 5.74) is 0. The molecule has 4 nitrogen and oxygen atoms in total. The molecule has 1 aliphatic carbocycles. The first-order valence-electron chi connectivity index (χ1n) is 7.49. The zero-order chi connectivity index (χ0) is 14.8. The van der Waals surface area contributed by atoms with Gasteiger partial charge < -0.3 is 5.32 Å². The first kappa shape index (κ1) is 16.1. The molecule has 0 aromatic heterocycles. The topological polar surface area (TPSA) is 63.2 Å². The minimum absolute atomic E-state index is 0.0604. The van der Waals surface area contributed by atoms with Gasteiger partial charge in [-0.15, -0.1) is 11.8 Å². The van der Waals surface area contributed by atoms with Crippen molar-refractivity contribution >= 4 is 27.5 Å². The molecular formula is C14H25NO3S2. The summed E-state index contributed by atoms with van der Waals surface area (Å²) in [6, 6.07) is 0.291. The van der Waals surface area contributed by atoms with Crippen molar-refractivity contribution in [3.63, 3.8) is 0 Å². The van der Waals surface area contributed by atoms with Crippen molar-refractivity contribution in [2.24, 2.45) is 11.8 Å². The summed E-state index contributed by atoms with van der Waals surface area (Å²) < 4.78 is 22.7. The molecule has 1 saturated heterocycles. The van der Waals surface area contributed by atoms with Gasteiger partial charge in [0, 0.05) is 11.3 Å². The lowest BCUT2D eigenvalue weighted by Gasteiger charge is -2.34. The second-order valence-electron chi connectivity index (χ2n) is 6.28. The summed E-state index contributed by atoms with van der Waals surface area (Å²) in [6.07, 6.45) is 4.20. The molecule has 1 aliphatic heterocycles. The Morgan fingerprint density at radius 3 is 2.65 bits per heavy atom. The Morgan fingerprint density at radius 2 is 2.00 bits per heavy atom. The molecule has 4 unspecified atom stereocenters. The highest BCUT2D eigenvalue weighted by atomic mass is 32.2. The minimum Gasteiger partial charge on any atom is -0.352 e. The Kier molecular flexibility index (Phi) is 5.40. The molecule has 0 radical (unpaired) electrons. The molecule has 2 rings (SSSR count). The van der Waals surface area contributed by atoms with Crippen LogP contribution in [0.2, 0.25) is 0 Å². The molecule has 20 heavy (non-hydrogen) atoms. The Morgan fingerprint density at radius 1 is 1.25 bits per heavy atom. The maximum absolute atomic E-state index is 12.0. The summed E-state index contributed by atoms with van der Waals surface area (Å²) >= 11 is 1.49. The van der Waals surface area contributed by atoms with Crippen molar-refractivity contribution in [2.75, 3.05) is 17.3 Å². The monoisotopic (exact) mass is 319 g/mol. The lowest BCUT2D eigenvalue weighted by Crippen LogP contribution is -2.44. The molecule has 116 valence electrons. The van der Waals surface area contributed by atoms with Crippen LogP contribution < -0.4 is 5.32 Å². The van der Waals surface area contributed by atoms with Crippen molar-refractivity contribution in [1.82, 2.24) is 5.32 Å². The quantitative estimate of drug-likeness (QED) is 0.859. The molecule has 2 fully saturated rings. The van der Waals surface area contributed by atoms with Gasteiger partial charge in [-0.2, -0.15) is 0 Å². The Balaban J connectivity index is 1.73. The number of hydrogen-bond donors (Lipinski definition) is 1.